The summed E-state index contributed by atoms with van der Waals surface area (Å²) in [5, 5.41) is 19.4. The minimum Gasteiger partial charge on any atom is -0.423 e. The third-order valence-electron chi connectivity index (χ3n) is 1.98. The lowest BCUT2D eigenvalue weighted by Crippen LogP contribution is -2.30. The Kier molecular flexibility index (Phi) is 2.03. The van der Waals surface area contributed by atoms with E-state index in [4.69, 9.17) is 21.6 Å². The number of nitrogens with one attached hydrogen (secondary N) is 1. The van der Waals surface area contributed by atoms with Gasteiger partial charge in [-0.15, -0.1) is 0 Å². The number of H-pyrrole nitrogens is 1. The Morgan fingerprint density at radius 3 is 2.77 bits per heavy atom. The van der Waals surface area contributed by atoms with E-state index < -0.39 is 7.12 Å². The number of hydrogen-bond acceptors (Lipinski definition) is 2. The number of aromatic amines is 1. The molecule has 0 saturated carbocycles. The van der Waals surface area contributed by atoms with Crippen LogP contribution in [-0.2, 0) is 0 Å². The van der Waals surface area contributed by atoms with Gasteiger partial charge in [0.05, 0.1) is 5.02 Å². The molecule has 2 rings (SSSR count). The number of aromatic nitrogens is 1. The van der Waals surface area contributed by atoms with Crippen LogP contribution in [0.2, 0.25) is 5.02 Å². The second kappa shape index (κ2) is 3.07. The Balaban J connectivity index is 2.77. The summed E-state index contributed by atoms with van der Waals surface area (Å²) < 4.78 is 0. The summed E-state index contributed by atoms with van der Waals surface area (Å²) in [4.78, 5) is 2.89. The molecule has 13 heavy (non-hydrogen) atoms. The molecular formula is C8H7BClNO2. The van der Waals surface area contributed by atoms with E-state index in [0.717, 1.165) is 5.39 Å². The van der Waals surface area contributed by atoms with Crippen LogP contribution in [0.15, 0.2) is 24.4 Å². The first-order chi connectivity index (χ1) is 6.20. The highest BCUT2D eigenvalue weighted by Gasteiger charge is 2.15. The molecule has 0 aliphatic carbocycles. The maximum atomic E-state index is 9.02. The topological polar surface area (TPSA) is 56.2 Å². The lowest BCUT2D eigenvalue weighted by atomic mass is 9.79. The number of rotatable bonds is 1. The molecule has 0 atom stereocenters. The Hall–Kier alpha value is -0.965. The van der Waals surface area contributed by atoms with E-state index in [1.54, 1.807) is 18.3 Å². The van der Waals surface area contributed by atoms with Gasteiger partial charge in [0.15, 0.2) is 0 Å². The predicted molar refractivity (Wildman–Crippen MR) is 53.1 cm³/mol. The van der Waals surface area contributed by atoms with Gasteiger partial charge in [-0.1, -0.05) is 29.8 Å². The normalized spacial score (nSPS) is 10.7. The lowest BCUT2D eigenvalue weighted by molar-refractivity contribution is 0.426. The fourth-order valence-electron chi connectivity index (χ4n) is 1.36. The second-order valence-corrected chi connectivity index (χ2v) is 3.19. The Morgan fingerprint density at radius 1 is 1.31 bits per heavy atom. The Bertz CT molecular complexity index is 441. The zero-order chi connectivity index (χ0) is 9.42. The summed E-state index contributed by atoms with van der Waals surface area (Å²) in [6, 6.07) is 5.19. The molecule has 3 nitrogen and oxygen atoms in total. The van der Waals surface area contributed by atoms with Crippen LogP contribution < -0.4 is 5.46 Å². The standard InChI is InChI=1S/C8H7BClNO2/c10-7-4-11-8-5(7)2-1-3-6(8)9(12)13/h1-4,11-13H. The Morgan fingerprint density at radius 2 is 2.08 bits per heavy atom. The van der Waals surface area contributed by atoms with E-state index in [2.05, 4.69) is 4.98 Å². The molecule has 1 aromatic carbocycles. The van der Waals surface area contributed by atoms with Gasteiger partial charge in [-0.3, -0.25) is 0 Å². The zero-order valence-electron chi connectivity index (χ0n) is 6.66. The first-order valence-electron chi connectivity index (χ1n) is 3.82. The highest BCUT2D eigenvalue weighted by molar-refractivity contribution is 6.62. The van der Waals surface area contributed by atoms with Crippen molar-refractivity contribution in [3.63, 3.8) is 0 Å². The summed E-state index contributed by atoms with van der Waals surface area (Å²) in [5.41, 5.74) is 1.10. The van der Waals surface area contributed by atoms with E-state index in [9.17, 15) is 0 Å². The highest BCUT2D eigenvalue weighted by Crippen LogP contribution is 2.20. The molecule has 0 spiro atoms. The van der Waals surface area contributed by atoms with Crippen LogP contribution in [-0.4, -0.2) is 22.2 Å². The molecule has 0 fully saturated rings. The fraction of sp³-hybridized carbons (Fsp3) is 0. The summed E-state index contributed by atoms with van der Waals surface area (Å²) in [6.45, 7) is 0. The van der Waals surface area contributed by atoms with Gasteiger partial charge in [-0.25, -0.2) is 0 Å². The van der Waals surface area contributed by atoms with E-state index in [-0.39, 0.29) is 0 Å². The van der Waals surface area contributed by atoms with Crippen LogP contribution in [0.5, 0.6) is 0 Å². The van der Waals surface area contributed by atoms with Gasteiger partial charge in [0, 0.05) is 22.6 Å². The summed E-state index contributed by atoms with van der Waals surface area (Å²) in [5.74, 6) is 0. The maximum Gasteiger partial charge on any atom is 0.490 e. The van der Waals surface area contributed by atoms with Gasteiger partial charge < -0.3 is 15.0 Å². The monoisotopic (exact) mass is 195 g/mol. The van der Waals surface area contributed by atoms with Crippen molar-refractivity contribution in [2.24, 2.45) is 0 Å². The number of fused-ring (bicyclic) bond motifs is 1. The van der Waals surface area contributed by atoms with Gasteiger partial charge >= 0.3 is 7.12 Å². The molecule has 0 bridgehead atoms. The van der Waals surface area contributed by atoms with Crippen LogP contribution in [0.4, 0.5) is 0 Å². The van der Waals surface area contributed by atoms with Crippen molar-refractivity contribution in [2.75, 3.05) is 0 Å². The number of benzene rings is 1. The second-order valence-electron chi connectivity index (χ2n) is 2.78. The average molecular weight is 195 g/mol. The molecule has 0 unspecified atom stereocenters. The predicted octanol–water partition coefficient (Wildman–Crippen LogP) is 0.501. The van der Waals surface area contributed by atoms with Gasteiger partial charge in [0.25, 0.3) is 0 Å². The largest absolute Gasteiger partial charge is 0.490 e. The number of hydrogen-bond donors (Lipinski definition) is 3. The first-order valence-corrected chi connectivity index (χ1v) is 4.19. The van der Waals surface area contributed by atoms with Gasteiger partial charge in [0.1, 0.15) is 0 Å². The van der Waals surface area contributed by atoms with Crippen LogP contribution in [0.1, 0.15) is 0 Å². The van der Waals surface area contributed by atoms with Gasteiger partial charge in [0.2, 0.25) is 0 Å². The third kappa shape index (κ3) is 1.33. The molecule has 0 aliphatic heterocycles. The van der Waals surface area contributed by atoms with Crippen LogP contribution in [0.3, 0.4) is 0 Å². The van der Waals surface area contributed by atoms with E-state index >= 15 is 0 Å². The minimum atomic E-state index is -1.47. The molecule has 0 aliphatic rings. The van der Waals surface area contributed by atoms with Crippen molar-refractivity contribution in [3.05, 3.63) is 29.4 Å². The Labute approximate surface area is 80.1 Å². The van der Waals surface area contributed by atoms with Crippen LogP contribution >= 0.6 is 11.6 Å². The van der Waals surface area contributed by atoms with Crippen molar-refractivity contribution >= 4 is 35.1 Å². The molecule has 0 radical (unpaired) electrons. The molecule has 1 aromatic heterocycles. The van der Waals surface area contributed by atoms with Crippen molar-refractivity contribution < 1.29 is 10.0 Å². The van der Waals surface area contributed by atoms with E-state index in [1.807, 2.05) is 6.07 Å². The molecule has 3 N–H and O–H groups in total. The smallest absolute Gasteiger partial charge is 0.423 e. The van der Waals surface area contributed by atoms with E-state index in [1.165, 1.54) is 0 Å². The minimum absolute atomic E-state index is 0.435. The molecule has 0 amide bonds. The van der Waals surface area contributed by atoms with Gasteiger partial charge in [-0.05, 0) is 0 Å². The summed E-state index contributed by atoms with van der Waals surface area (Å²) >= 11 is 5.85. The average Bonchev–Trinajstić information content (AvgIpc) is 2.48. The SMILES string of the molecule is OB(O)c1cccc2c(Cl)c[nH]c12. The van der Waals surface area contributed by atoms with Crippen molar-refractivity contribution in [1.29, 1.82) is 0 Å². The lowest BCUT2D eigenvalue weighted by Gasteiger charge is -2.00. The van der Waals surface area contributed by atoms with Crippen LogP contribution in [0.25, 0.3) is 10.9 Å². The maximum absolute atomic E-state index is 9.02. The highest BCUT2D eigenvalue weighted by atomic mass is 35.5. The molecule has 1 heterocycles. The zero-order valence-corrected chi connectivity index (χ0v) is 7.42. The fourth-order valence-corrected chi connectivity index (χ4v) is 1.57. The molecule has 2 aromatic rings. The van der Waals surface area contributed by atoms with Crippen molar-refractivity contribution in [3.8, 4) is 0 Å². The molecular weight excluding hydrogens is 188 g/mol. The first kappa shape index (κ1) is 8.63. The van der Waals surface area contributed by atoms with Crippen molar-refractivity contribution in [2.45, 2.75) is 0 Å². The molecule has 0 saturated heterocycles. The molecule has 5 heteroatoms. The number of halogens is 1. The summed E-state index contributed by atoms with van der Waals surface area (Å²) in [6.07, 6.45) is 1.62. The quantitative estimate of drug-likeness (QED) is 0.581. The van der Waals surface area contributed by atoms with Crippen molar-refractivity contribution in [1.82, 2.24) is 4.98 Å². The van der Waals surface area contributed by atoms with Crippen LogP contribution in [0, 0.1) is 0 Å². The number of para-hydroxylation sites is 1. The van der Waals surface area contributed by atoms with E-state index in [0.29, 0.717) is 16.0 Å². The summed E-state index contributed by atoms with van der Waals surface area (Å²) in [7, 11) is -1.47. The molecule has 66 valence electrons. The van der Waals surface area contributed by atoms with Gasteiger partial charge in [-0.2, -0.15) is 0 Å². The third-order valence-corrected chi connectivity index (χ3v) is 2.29.